The SMILES string of the molecule is CC(C)(C)N1CCC[C@@H]1C(=O)NC(C(O)CCc1ccc2ccccc2c1)N(C(=O)OCc1ccccc1)C(=O)[C@@H](N)CC(N)=O. The summed E-state index contributed by atoms with van der Waals surface area (Å²) in [6.45, 7) is 6.54. The number of hydrogen-bond donors (Lipinski definition) is 4. The zero-order valence-electron chi connectivity index (χ0n) is 26.7. The number of imide groups is 1. The van der Waals surface area contributed by atoms with E-state index in [9.17, 15) is 24.3 Å². The first-order chi connectivity index (χ1) is 21.8. The quantitative estimate of drug-likeness (QED) is 0.221. The van der Waals surface area contributed by atoms with Crippen molar-refractivity contribution in [3.05, 3.63) is 83.9 Å². The molecule has 11 heteroatoms. The molecule has 0 saturated carbocycles. The highest BCUT2D eigenvalue weighted by Gasteiger charge is 2.43. The first kappa shape index (κ1) is 34.6. The lowest BCUT2D eigenvalue weighted by atomic mass is 10.0. The zero-order chi connectivity index (χ0) is 33.4. The lowest BCUT2D eigenvalue weighted by Gasteiger charge is -2.39. The summed E-state index contributed by atoms with van der Waals surface area (Å²) < 4.78 is 5.51. The molecule has 246 valence electrons. The molecule has 0 aromatic heterocycles. The molecule has 1 heterocycles. The van der Waals surface area contributed by atoms with Crippen molar-refractivity contribution in [1.82, 2.24) is 15.1 Å². The second kappa shape index (κ2) is 15.3. The second-order valence-corrected chi connectivity index (χ2v) is 12.8. The largest absolute Gasteiger partial charge is 0.444 e. The Morgan fingerprint density at radius 3 is 2.35 bits per heavy atom. The number of nitrogens with zero attached hydrogens (tertiary/aromatic N) is 2. The Hall–Kier alpha value is -4.32. The van der Waals surface area contributed by atoms with Gasteiger partial charge < -0.3 is 26.6 Å². The first-order valence-corrected chi connectivity index (χ1v) is 15.7. The monoisotopic (exact) mass is 631 g/mol. The fourth-order valence-corrected chi connectivity index (χ4v) is 5.90. The maximum absolute atomic E-state index is 13.9. The van der Waals surface area contributed by atoms with Gasteiger partial charge in [-0.2, -0.15) is 0 Å². The number of likely N-dealkylation sites (tertiary alicyclic amines) is 1. The van der Waals surface area contributed by atoms with E-state index >= 15 is 0 Å². The van der Waals surface area contributed by atoms with Gasteiger partial charge >= 0.3 is 6.09 Å². The van der Waals surface area contributed by atoms with E-state index < -0.39 is 54.6 Å². The fourth-order valence-electron chi connectivity index (χ4n) is 5.90. The summed E-state index contributed by atoms with van der Waals surface area (Å²) in [5.41, 5.74) is 12.6. The average molecular weight is 632 g/mol. The van der Waals surface area contributed by atoms with Gasteiger partial charge in [0, 0.05) is 5.54 Å². The number of fused-ring (bicyclic) bond motifs is 1. The van der Waals surface area contributed by atoms with Crippen molar-refractivity contribution in [1.29, 1.82) is 0 Å². The Kier molecular flexibility index (Phi) is 11.5. The first-order valence-electron chi connectivity index (χ1n) is 15.7. The highest BCUT2D eigenvalue weighted by molar-refractivity contribution is 5.98. The van der Waals surface area contributed by atoms with E-state index in [0.717, 1.165) is 22.8 Å². The van der Waals surface area contributed by atoms with Crippen molar-refractivity contribution in [3.8, 4) is 0 Å². The Balaban J connectivity index is 1.65. The molecule has 1 aliphatic heterocycles. The molecule has 0 aliphatic carbocycles. The van der Waals surface area contributed by atoms with Gasteiger partial charge in [0.05, 0.1) is 24.6 Å². The topological polar surface area (TPSA) is 168 Å². The second-order valence-electron chi connectivity index (χ2n) is 12.8. The number of hydrogen-bond acceptors (Lipinski definition) is 8. The van der Waals surface area contributed by atoms with Gasteiger partial charge in [0.15, 0.2) is 0 Å². The molecule has 11 nitrogen and oxygen atoms in total. The van der Waals surface area contributed by atoms with Gasteiger partial charge in [-0.15, -0.1) is 0 Å². The number of aryl methyl sites for hydroxylation is 1. The predicted octanol–water partition coefficient (Wildman–Crippen LogP) is 3.21. The summed E-state index contributed by atoms with van der Waals surface area (Å²) in [4.78, 5) is 55.7. The molecule has 1 aliphatic rings. The number of nitrogens with two attached hydrogens (primary N) is 2. The minimum atomic E-state index is -1.54. The lowest BCUT2D eigenvalue weighted by Crippen LogP contribution is -2.64. The van der Waals surface area contributed by atoms with Crippen molar-refractivity contribution in [3.63, 3.8) is 0 Å². The predicted molar refractivity (Wildman–Crippen MR) is 175 cm³/mol. The number of carbonyl (C=O) groups excluding carboxylic acids is 4. The number of ether oxygens (including phenoxy) is 1. The van der Waals surface area contributed by atoms with Crippen molar-refractivity contribution in [2.45, 2.75) is 89.4 Å². The molecule has 0 radical (unpaired) electrons. The normalized spacial score (nSPS) is 17.2. The van der Waals surface area contributed by atoms with Crippen molar-refractivity contribution in [2.75, 3.05) is 6.54 Å². The molecule has 0 spiro atoms. The van der Waals surface area contributed by atoms with Gasteiger partial charge in [-0.3, -0.25) is 19.3 Å². The number of carbonyl (C=O) groups is 4. The molecular formula is C35H45N5O6. The molecule has 46 heavy (non-hydrogen) atoms. The third-order valence-corrected chi connectivity index (χ3v) is 8.27. The number of amides is 4. The van der Waals surface area contributed by atoms with Gasteiger partial charge in [0.1, 0.15) is 12.8 Å². The summed E-state index contributed by atoms with van der Waals surface area (Å²) in [7, 11) is 0. The zero-order valence-corrected chi connectivity index (χ0v) is 26.7. The molecule has 4 atom stereocenters. The summed E-state index contributed by atoms with van der Waals surface area (Å²) in [5, 5.41) is 16.5. The van der Waals surface area contributed by atoms with E-state index in [2.05, 4.69) is 10.2 Å². The molecule has 4 rings (SSSR count). The number of rotatable bonds is 12. The number of benzene rings is 3. The highest BCUT2D eigenvalue weighted by Crippen LogP contribution is 2.27. The van der Waals surface area contributed by atoms with Crippen molar-refractivity contribution < 1.29 is 29.0 Å². The smallest absolute Gasteiger partial charge is 0.418 e. The van der Waals surface area contributed by atoms with E-state index in [1.807, 2.05) is 69.3 Å². The third kappa shape index (κ3) is 8.90. The lowest BCUT2D eigenvalue weighted by molar-refractivity contribution is -0.141. The number of aliphatic hydroxyl groups excluding tert-OH is 1. The fraction of sp³-hybridized carbons (Fsp3) is 0.429. The van der Waals surface area contributed by atoms with Gasteiger partial charge in [0.25, 0.3) is 5.91 Å². The maximum atomic E-state index is 13.9. The molecule has 2 unspecified atom stereocenters. The van der Waals surface area contributed by atoms with Crippen molar-refractivity contribution >= 4 is 34.6 Å². The molecule has 6 N–H and O–H groups in total. The van der Waals surface area contributed by atoms with Crippen LogP contribution < -0.4 is 16.8 Å². The van der Waals surface area contributed by atoms with Crippen LogP contribution in [0.15, 0.2) is 72.8 Å². The van der Waals surface area contributed by atoms with Crippen LogP contribution in [-0.2, 0) is 32.1 Å². The minimum Gasteiger partial charge on any atom is -0.444 e. The standard InChI is InChI=1S/C35H45N5O6/c1-35(2,3)39-19-9-14-28(39)32(43)38-31(29(41)18-16-23-15-17-25-12-7-8-13-26(25)20-23)40(33(44)27(36)21-30(37)42)34(45)46-22-24-10-5-4-6-11-24/h4-8,10-13,15,17,20,27-29,31,41H,9,14,16,18-19,21-22,36H2,1-3H3,(H2,37,42)(H,38,43)/t27-,28+,29?,31?/m0/s1. The number of primary amides is 1. The number of aliphatic hydroxyl groups is 1. The highest BCUT2D eigenvalue weighted by atomic mass is 16.6. The molecule has 4 amide bonds. The Bertz CT molecular complexity index is 1520. The summed E-state index contributed by atoms with van der Waals surface area (Å²) in [6, 6.07) is 20.6. The Morgan fingerprint density at radius 1 is 1.00 bits per heavy atom. The van der Waals surface area contributed by atoms with E-state index in [1.54, 1.807) is 24.3 Å². The van der Waals surface area contributed by atoms with E-state index in [4.69, 9.17) is 16.2 Å². The minimum absolute atomic E-state index is 0.0811. The van der Waals surface area contributed by atoms with Crippen molar-refractivity contribution in [2.24, 2.45) is 11.5 Å². The molecular weight excluding hydrogens is 586 g/mol. The molecule has 0 bridgehead atoms. The maximum Gasteiger partial charge on any atom is 0.418 e. The van der Waals surface area contributed by atoms with Crippen LogP contribution in [0, 0.1) is 0 Å². The van der Waals surface area contributed by atoms with Gasteiger partial charge in [0.2, 0.25) is 11.8 Å². The van der Waals surface area contributed by atoms with Crippen LogP contribution >= 0.6 is 0 Å². The van der Waals surface area contributed by atoms with Crippen LogP contribution in [0.25, 0.3) is 10.8 Å². The van der Waals surface area contributed by atoms with Crippen LogP contribution in [0.1, 0.15) is 57.6 Å². The van der Waals surface area contributed by atoms with E-state index in [0.29, 0.717) is 29.8 Å². The Labute approximate surface area is 269 Å². The molecule has 3 aromatic rings. The summed E-state index contributed by atoms with van der Waals surface area (Å²) in [5.74, 6) is -2.30. The van der Waals surface area contributed by atoms with E-state index in [-0.39, 0.29) is 18.6 Å². The Morgan fingerprint density at radius 2 is 1.67 bits per heavy atom. The summed E-state index contributed by atoms with van der Waals surface area (Å²) in [6.07, 6.45) is -2.80. The average Bonchev–Trinajstić information content (AvgIpc) is 3.54. The summed E-state index contributed by atoms with van der Waals surface area (Å²) >= 11 is 0. The molecule has 3 aromatic carbocycles. The van der Waals surface area contributed by atoms with Gasteiger partial charge in [-0.05, 0) is 74.9 Å². The van der Waals surface area contributed by atoms with Crippen LogP contribution in [0.4, 0.5) is 4.79 Å². The van der Waals surface area contributed by atoms with E-state index in [1.165, 1.54) is 0 Å². The molecule has 1 fully saturated rings. The third-order valence-electron chi connectivity index (χ3n) is 8.27. The van der Waals surface area contributed by atoms with Crippen LogP contribution in [-0.4, -0.2) is 75.2 Å². The van der Waals surface area contributed by atoms with Crippen LogP contribution in [0.2, 0.25) is 0 Å². The number of nitrogens with one attached hydrogen (secondary N) is 1. The van der Waals surface area contributed by atoms with Crippen LogP contribution in [0.3, 0.4) is 0 Å². The van der Waals surface area contributed by atoms with Gasteiger partial charge in [-0.1, -0.05) is 72.8 Å². The van der Waals surface area contributed by atoms with Gasteiger partial charge in [-0.25, -0.2) is 9.69 Å². The molecule has 1 saturated heterocycles. The van der Waals surface area contributed by atoms with Crippen LogP contribution in [0.5, 0.6) is 0 Å².